The number of nitrogens with zero attached hydrogens (tertiary/aromatic N) is 1. The Hall–Kier alpha value is -1.30. The van der Waals surface area contributed by atoms with E-state index in [-0.39, 0.29) is 5.75 Å². The topological polar surface area (TPSA) is 70.0 Å². The largest absolute Gasteiger partial charge is 0.282 e. The molecular weight excluding hydrogens is 423 g/mol. The molecule has 0 aliphatic heterocycles. The zero-order chi connectivity index (χ0) is 15.5. The highest BCUT2D eigenvalue weighted by atomic mass is 127. The average Bonchev–Trinajstić information content (AvgIpc) is 2.42. The maximum atomic E-state index is 12.2. The van der Waals surface area contributed by atoms with Gasteiger partial charge in [0.05, 0.1) is 28.1 Å². The molecule has 2 aromatic rings. The standard InChI is InChI=1S/C14H10ClIN2O2S/c15-13-7-12(16)5-6-14(13)18-21(19,20)9-11-4-2-1-3-10(11)8-17/h1-7,18H,9H2. The Morgan fingerprint density at radius 1 is 1.24 bits per heavy atom. The van der Waals surface area contributed by atoms with Crippen LogP contribution in [0.25, 0.3) is 0 Å². The number of sulfonamides is 1. The van der Waals surface area contributed by atoms with Gasteiger partial charge in [-0.05, 0) is 52.4 Å². The van der Waals surface area contributed by atoms with E-state index in [1.54, 1.807) is 42.5 Å². The molecule has 0 fully saturated rings. The zero-order valence-corrected chi connectivity index (χ0v) is 14.4. The molecule has 0 bridgehead atoms. The number of halogens is 2. The van der Waals surface area contributed by atoms with Crippen LogP contribution in [0.5, 0.6) is 0 Å². The van der Waals surface area contributed by atoms with Crippen molar-refractivity contribution in [3.63, 3.8) is 0 Å². The first-order valence-electron chi connectivity index (χ1n) is 5.85. The van der Waals surface area contributed by atoms with Gasteiger partial charge in [0.1, 0.15) is 0 Å². The summed E-state index contributed by atoms with van der Waals surface area (Å²) < 4.78 is 27.7. The Labute approximate surface area is 141 Å². The third-order valence-corrected chi connectivity index (χ3v) is 4.89. The van der Waals surface area contributed by atoms with Crippen molar-refractivity contribution >= 4 is 49.9 Å². The van der Waals surface area contributed by atoms with Gasteiger partial charge in [0.2, 0.25) is 10.0 Å². The van der Waals surface area contributed by atoms with Gasteiger partial charge in [-0.25, -0.2) is 8.42 Å². The monoisotopic (exact) mass is 432 g/mol. The summed E-state index contributed by atoms with van der Waals surface area (Å²) in [5, 5.41) is 9.32. The van der Waals surface area contributed by atoms with Crippen molar-refractivity contribution in [1.82, 2.24) is 0 Å². The van der Waals surface area contributed by atoms with Gasteiger partial charge in [-0.15, -0.1) is 0 Å². The van der Waals surface area contributed by atoms with Crippen LogP contribution < -0.4 is 4.72 Å². The first kappa shape index (κ1) is 16.1. The highest BCUT2D eigenvalue weighted by molar-refractivity contribution is 14.1. The summed E-state index contributed by atoms with van der Waals surface area (Å²) in [6.07, 6.45) is 0. The molecule has 0 unspecified atom stereocenters. The van der Waals surface area contributed by atoms with E-state index in [9.17, 15) is 8.42 Å². The van der Waals surface area contributed by atoms with Crippen molar-refractivity contribution in [2.75, 3.05) is 4.72 Å². The summed E-state index contributed by atoms with van der Waals surface area (Å²) in [5.74, 6) is -0.279. The highest BCUT2D eigenvalue weighted by Gasteiger charge is 2.15. The van der Waals surface area contributed by atoms with Crippen molar-refractivity contribution in [2.24, 2.45) is 0 Å². The fourth-order valence-electron chi connectivity index (χ4n) is 1.74. The van der Waals surface area contributed by atoms with E-state index in [1.807, 2.05) is 6.07 Å². The van der Waals surface area contributed by atoms with Crippen molar-refractivity contribution in [3.8, 4) is 6.07 Å². The Morgan fingerprint density at radius 3 is 2.62 bits per heavy atom. The molecular formula is C14H10ClIN2O2S. The second-order valence-electron chi connectivity index (χ2n) is 4.25. The van der Waals surface area contributed by atoms with E-state index in [2.05, 4.69) is 27.3 Å². The van der Waals surface area contributed by atoms with E-state index >= 15 is 0 Å². The van der Waals surface area contributed by atoms with Crippen LogP contribution in [0.3, 0.4) is 0 Å². The number of nitriles is 1. The number of rotatable bonds is 4. The summed E-state index contributed by atoms with van der Waals surface area (Å²) in [6, 6.07) is 13.6. The van der Waals surface area contributed by atoms with E-state index < -0.39 is 10.0 Å². The van der Waals surface area contributed by atoms with Gasteiger partial charge in [-0.3, -0.25) is 4.72 Å². The van der Waals surface area contributed by atoms with Gasteiger partial charge in [-0.2, -0.15) is 5.26 Å². The normalized spacial score (nSPS) is 10.9. The third kappa shape index (κ3) is 4.33. The Kier molecular flexibility index (Phi) is 5.08. The summed E-state index contributed by atoms with van der Waals surface area (Å²) in [7, 11) is -3.64. The molecule has 0 aromatic heterocycles. The number of anilines is 1. The Morgan fingerprint density at radius 2 is 1.95 bits per heavy atom. The molecule has 7 heteroatoms. The SMILES string of the molecule is N#Cc1ccccc1CS(=O)(=O)Nc1ccc(I)cc1Cl. The molecule has 0 heterocycles. The number of hydrogen-bond donors (Lipinski definition) is 1. The van der Waals surface area contributed by atoms with E-state index in [1.165, 1.54) is 0 Å². The van der Waals surface area contributed by atoms with Gasteiger partial charge in [0.25, 0.3) is 0 Å². The predicted molar refractivity (Wildman–Crippen MR) is 91.6 cm³/mol. The van der Waals surface area contributed by atoms with Gasteiger partial charge < -0.3 is 0 Å². The quantitative estimate of drug-likeness (QED) is 0.748. The molecule has 1 N–H and O–H groups in total. The Balaban J connectivity index is 2.25. The lowest BCUT2D eigenvalue weighted by atomic mass is 10.1. The molecule has 4 nitrogen and oxygen atoms in total. The lowest BCUT2D eigenvalue weighted by molar-refractivity contribution is 0.600. The van der Waals surface area contributed by atoms with Crippen molar-refractivity contribution in [3.05, 3.63) is 62.2 Å². The Bertz CT molecular complexity index is 816. The van der Waals surface area contributed by atoms with Gasteiger partial charge in [0, 0.05) is 3.57 Å². The number of nitrogens with one attached hydrogen (secondary N) is 1. The van der Waals surface area contributed by atoms with Crippen molar-refractivity contribution < 1.29 is 8.42 Å². The summed E-state index contributed by atoms with van der Waals surface area (Å²) >= 11 is 8.10. The van der Waals surface area contributed by atoms with E-state index in [0.717, 1.165) is 3.57 Å². The lowest BCUT2D eigenvalue weighted by Gasteiger charge is -2.10. The minimum atomic E-state index is -3.64. The molecule has 21 heavy (non-hydrogen) atoms. The van der Waals surface area contributed by atoms with Crippen molar-refractivity contribution in [2.45, 2.75) is 5.75 Å². The fourth-order valence-corrected chi connectivity index (χ4v) is 3.94. The first-order chi connectivity index (χ1) is 9.91. The average molecular weight is 433 g/mol. The minimum absolute atomic E-state index is 0.279. The molecule has 0 radical (unpaired) electrons. The van der Waals surface area contributed by atoms with Crippen LogP contribution in [0.4, 0.5) is 5.69 Å². The van der Waals surface area contributed by atoms with Crippen LogP contribution in [-0.4, -0.2) is 8.42 Å². The van der Waals surface area contributed by atoms with Crippen LogP contribution in [0.1, 0.15) is 11.1 Å². The fraction of sp³-hybridized carbons (Fsp3) is 0.0714. The van der Waals surface area contributed by atoms with Gasteiger partial charge in [-0.1, -0.05) is 29.8 Å². The smallest absolute Gasteiger partial charge is 0.237 e. The van der Waals surface area contributed by atoms with Gasteiger partial charge in [0.15, 0.2) is 0 Å². The molecule has 0 aliphatic rings. The maximum Gasteiger partial charge on any atom is 0.237 e. The van der Waals surface area contributed by atoms with Crippen LogP contribution in [-0.2, 0) is 15.8 Å². The predicted octanol–water partition coefficient (Wildman–Crippen LogP) is 3.76. The van der Waals surface area contributed by atoms with E-state index in [4.69, 9.17) is 16.9 Å². The van der Waals surface area contributed by atoms with Crippen LogP contribution in [0.15, 0.2) is 42.5 Å². The minimum Gasteiger partial charge on any atom is -0.282 e. The summed E-state index contributed by atoms with van der Waals surface area (Å²) in [5.41, 5.74) is 1.12. The van der Waals surface area contributed by atoms with Crippen LogP contribution in [0.2, 0.25) is 5.02 Å². The first-order valence-corrected chi connectivity index (χ1v) is 8.96. The molecule has 0 amide bonds. The molecule has 0 spiro atoms. The summed E-state index contributed by atoms with van der Waals surface area (Å²) in [6.45, 7) is 0. The molecule has 0 aliphatic carbocycles. The molecule has 0 saturated carbocycles. The summed E-state index contributed by atoms with van der Waals surface area (Å²) in [4.78, 5) is 0. The molecule has 2 rings (SSSR count). The highest BCUT2D eigenvalue weighted by Crippen LogP contribution is 2.25. The number of benzene rings is 2. The lowest BCUT2D eigenvalue weighted by Crippen LogP contribution is -2.16. The molecule has 0 saturated heterocycles. The zero-order valence-electron chi connectivity index (χ0n) is 10.7. The second-order valence-corrected chi connectivity index (χ2v) is 7.63. The second kappa shape index (κ2) is 6.64. The van der Waals surface area contributed by atoms with E-state index in [0.29, 0.717) is 21.8 Å². The van der Waals surface area contributed by atoms with Gasteiger partial charge >= 0.3 is 0 Å². The van der Waals surface area contributed by atoms with Crippen molar-refractivity contribution in [1.29, 1.82) is 5.26 Å². The molecule has 0 atom stereocenters. The molecule has 2 aromatic carbocycles. The number of hydrogen-bond acceptors (Lipinski definition) is 3. The van der Waals surface area contributed by atoms with Crippen LogP contribution >= 0.6 is 34.2 Å². The molecule has 108 valence electrons. The third-order valence-electron chi connectivity index (χ3n) is 2.68. The van der Waals surface area contributed by atoms with Crippen LogP contribution in [0, 0.1) is 14.9 Å². The maximum absolute atomic E-state index is 12.2.